The lowest BCUT2D eigenvalue weighted by Crippen LogP contribution is -2.42. The topological polar surface area (TPSA) is 79.5 Å². The van der Waals surface area contributed by atoms with E-state index in [1.807, 2.05) is 0 Å². The molecule has 0 radical (unpaired) electrons. The zero-order chi connectivity index (χ0) is 15.5. The molecule has 0 spiro atoms. The Bertz CT molecular complexity index is 696. The minimum atomic E-state index is -3.78. The zero-order valence-electron chi connectivity index (χ0n) is 11.4. The molecule has 0 aliphatic rings. The smallest absolute Gasteiger partial charge is 0.242 e. The van der Waals surface area contributed by atoms with Crippen molar-refractivity contribution >= 4 is 21.6 Å². The van der Waals surface area contributed by atoms with Gasteiger partial charge < -0.3 is 9.52 Å². The Hall–Kier alpha value is -1.34. The van der Waals surface area contributed by atoms with Gasteiger partial charge in [0.1, 0.15) is 10.7 Å². The predicted molar refractivity (Wildman–Crippen MR) is 79.7 cm³/mol. The van der Waals surface area contributed by atoms with E-state index in [0.29, 0.717) is 5.76 Å². The van der Waals surface area contributed by atoms with Crippen LogP contribution >= 0.6 is 11.6 Å². The quantitative estimate of drug-likeness (QED) is 0.851. The number of sulfonamides is 1. The highest BCUT2D eigenvalue weighted by Crippen LogP contribution is 2.21. The van der Waals surface area contributed by atoms with Crippen molar-refractivity contribution in [2.75, 3.05) is 6.54 Å². The third-order valence-electron chi connectivity index (χ3n) is 2.90. The van der Waals surface area contributed by atoms with E-state index in [1.165, 1.54) is 25.3 Å². The number of hydrogen-bond acceptors (Lipinski definition) is 4. The number of halogens is 1. The first kappa shape index (κ1) is 16.0. The lowest BCUT2D eigenvalue weighted by Gasteiger charge is -2.22. The monoisotopic (exact) mass is 329 g/mol. The summed E-state index contributed by atoms with van der Waals surface area (Å²) < 4.78 is 31.9. The summed E-state index contributed by atoms with van der Waals surface area (Å²) in [6, 6.07) is 9.56. The normalized spacial score (nSPS) is 14.8. The molecule has 1 heterocycles. The maximum absolute atomic E-state index is 12.2. The lowest BCUT2D eigenvalue weighted by atomic mass is 10.0. The third-order valence-corrected chi connectivity index (χ3v) is 4.81. The second-order valence-corrected chi connectivity index (χ2v) is 7.15. The van der Waals surface area contributed by atoms with Crippen molar-refractivity contribution in [2.45, 2.75) is 23.8 Å². The van der Waals surface area contributed by atoms with Crippen molar-refractivity contribution < 1.29 is 17.9 Å². The van der Waals surface area contributed by atoms with Gasteiger partial charge in [0.25, 0.3) is 0 Å². The Labute approximate surface area is 128 Å². The van der Waals surface area contributed by atoms with Crippen molar-refractivity contribution in [3.63, 3.8) is 0 Å². The van der Waals surface area contributed by atoms with Gasteiger partial charge in [-0.05, 0) is 31.2 Å². The molecule has 0 saturated carbocycles. The minimum Gasteiger partial charge on any atom is -0.469 e. The van der Waals surface area contributed by atoms with E-state index < -0.39 is 15.6 Å². The average molecular weight is 330 g/mol. The molecule has 2 aromatic rings. The molecule has 0 aliphatic carbocycles. The molecule has 5 nitrogen and oxygen atoms in total. The van der Waals surface area contributed by atoms with Crippen LogP contribution in [0.5, 0.6) is 0 Å². The number of hydrogen-bond donors (Lipinski definition) is 2. The fraction of sp³-hybridized carbons (Fsp3) is 0.286. The SMILES string of the molecule is C[C@](O)(CNS(=O)(=O)c1ccccc1Cl)Cc1ccco1. The lowest BCUT2D eigenvalue weighted by molar-refractivity contribution is 0.0603. The summed E-state index contributed by atoms with van der Waals surface area (Å²) in [4.78, 5) is -0.0135. The standard InChI is InChI=1S/C14H16ClNO4S/c1-14(17,9-11-5-4-8-20-11)10-16-21(18,19)13-7-3-2-6-12(13)15/h2-8,16-17H,9-10H2,1H3/t14-/m1/s1. The van der Waals surface area contributed by atoms with Crippen molar-refractivity contribution in [1.29, 1.82) is 0 Å². The van der Waals surface area contributed by atoms with Crippen LogP contribution in [0.25, 0.3) is 0 Å². The van der Waals surface area contributed by atoms with Crippen LogP contribution < -0.4 is 4.72 Å². The molecule has 0 bridgehead atoms. The van der Waals surface area contributed by atoms with Crippen molar-refractivity contribution in [3.8, 4) is 0 Å². The molecule has 1 aromatic carbocycles. The number of aliphatic hydroxyl groups is 1. The van der Waals surface area contributed by atoms with Crippen LogP contribution in [0.2, 0.25) is 5.02 Å². The van der Waals surface area contributed by atoms with Gasteiger partial charge in [-0.2, -0.15) is 0 Å². The van der Waals surface area contributed by atoms with E-state index in [4.69, 9.17) is 16.0 Å². The van der Waals surface area contributed by atoms with Gasteiger partial charge >= 0.3 is 0 Å². The Balaban J connectivity index is 2.06. The summed E-state index contributed by atoms with van der Waals surface area (Å²) in [5.41, 5.74) is -1.27. The fourth-order valence-electron chi connectivity index (χ4n) is 1.84. The molecule has 0 saturated heterocycles. The third kappa shape index (κ3) is 4.31. The first-order valence-corrected chi connectivity index (χ1v) is 8.15. The van der Waals surface area contributed by atoms with E-state index in [0.717, 1.165) is 0 Å². The molecule has 114 valence electrons. The van der Waals surface area contributed by atoms with Crippen molar-refractivity contribution in [2.24, 2.45) is 0 Å². The van der Waals surface area contributed by atoms with Crippen molar-refractivity contribution in [3.05, 3.63) is 53.4 Å². The Morgan fingerprint density at radius 3 is 2.62 bits per heavy atom. The number of furan rings is 1. The van der Waals surface area contributed by atoms with E-state index in [2.05, 4.69) is 4.72 Å². The van der Waals surface area contributed by atoms with E-state index >= 15 is 0 Å². The van der Waals surface area contributed by atoms with Gasteiger partial charge in [0.2, 0.25) is 10.0 Å². The van der Waals surface area contributed by atoms with Crippen LogP contribution in [0, 0.1) is 0 Å². The van der Waals surface area contributed by atoms with Crippen molar-refractivity contribution in [1.82, 2.24) is 4.72 Å². The summed E-state index contributed by atoms with van der Waals surface area (Å²) in [7, 11) is -3.78. The van der Waals surface area contributed by atoms with Gasteiger partial charge in [0.15, 0.2) is 0 Å². The molecule has 2 N–H and O–H groups in total. The highest BCUT2D eigenvalue weighted by atomic mass is 35.5. The highest BCUT2D eigenvalue weighted by molar-refractivity contribution is 7.89. The molecule has 0 aliphatic heterocycles. The number of benzene rings is 1. The maximum Gasteiger partial charge on any atom is 0.242 e. The highest BCUT2D eigenvalue weighted by Gasteiger charge is 2.26. The molecule has 1 aromatic heterocycles. The number of nitrogens with one attached hydrogen (secondary N) is 1. The zero-order valence-corrected chi connectivity index (χ0v) is 13.0. The molecule has 0 unspecified atom stereocenters. The molecular weight excluding hydrogens is 314 g/mol. The van der Waals surface area contributed by atoms with Crippen LogP contribution in [-0.2, 0) is 16.4 Å². The molecule has 21 heavy (non-hydrogen) atoms. The number of rotatable bonds is 6. The first-order valence-electron chi connectivity index (χ1n) is 6.29. The Morgan fingerprint density at radius 2 is 2.00 bits per heavy atom. The van der Waals surface area contributed by atoms with Crippen LogP contribution in [0.4, 0.5) is 0 Å². The predicted octanol–water partition coefficient (Wildman–Crippen LogP) is 2.21. The van der Waals surface area contributed by atoms with Crippen LogP contribution in [0.3, 0.4) is 0 Å². The van der Waals surface area contributed by atoms with Gasteiger partial charge in [-0.15, -0.1) is 0 Å². The first-order chi connectivity index (χ1) is 9.80. The molecule has 1 atom stereocenters. The van der Waals surface area contributed by atoms with E-state index in [9.17, 15) is 13.5 Å². The minimum absolute atomic E-state index is 0.0135. The summed E-state index contributed by atoms with van der Waals surface area (Å²) in [6.07, 6.45) is 1.70. The van der Waals surface area contributed by atoms with Gasteiger partial charge in [-0.1, -0.05) is 23.7 Å². The Morgan fingerprint density at radius 1 is 1.29 bits per heavy atom. The second kappa shape index (κ2) is 6.19. The Kier molecular flexibility index (Phi) is 4.73. The fourth-order valence-corrected chi connectivity index (χ4v) is 3.52. The maximum atomic E-state index is 12.2. The largest absolute Gasteiger partial charge is 0.469 e. The average Bonchev–Trinajstić information content (AvgIpc) is 2.89. The van der Waals surface area contributed by atoms with Gasteiger partial charge in [-0.3, -0.25) is 0 Å². The summed E-state index contributed by atoms with van der Waals surface area (Å²) in [5.74, 6) is 0.581. The summed E-state index contributed by atoms with van der Waals surface area (Å²) >= 11 is 5.88. The summed E-state index contributed by atoms with van der Waals surface area (Å²) in [5, 5.41) is 10.4. The van der Waals surface area contributed by atoms with Gasteiger partial charge in [0.05, 0.1) is 16.9 Å². The van der Waals surface area contributed by atoms with Crippen LogP contribution in [0.1, 0.15) is 12.7 Å². The second-order valence-electron chi connectivity index (χ2n) is 5.01. The molecular formula is C14H16ClNO4S. The molecule has 0 amide bonds. The molecule has 0 fully saturated rings. The van der Waals surface area contributed by atoms with Crippen LogP contribution in [-0.4, -0.2) is 25.7 Å². The van der Waals surface area contributed by atoms with E-state index in [1.54, 1.807) is 24.3 Å². The van der Waals surface area contributed by atoms with E-state index in [-0.39, 0.29) is 22.9 Å². The molecule has 2 rings (SSSR count). The van der Waals surface area contributed by atoms with Crippen LogP contribution in [0.15, 0.2) is 52.0 Å². The summed E-state index contributed by atoms with van der Waals surface area (Å²) in [6.45, 7) is 1.38. The van der Waals surface area contributed by atoms with Gasteiger partial charge in [0, 0.05) is 13.0 Å². The van der Waals surface area contributed by atoms with Gasteiger partial charge in [-0.25, -0.2) is 13.1 Å². The molecule has 7 heteroatoms.